The maximum Gasteiger partial charge on any atom is 0.341 e. The van der Waals surface area contributed by atoms with Crippen molar-refractivity contribution in [2.45, 2.75) is 20.3 Å². The summed E-state index contributed by atoms with van der Waals surface area (Å²) in [5.74, 6) is -1.50. The van der Waals surface area contributed by atoms with Crippen LogP contribution in [0, 0.1) is 6.92 Å². The molecule has 7 nitrogen and oxygen atoms in total. The summed E-state index contributed by atoms with van der Waals surface area (Å²) in [6.07, 6.45) is -0.165. The van der Waals surface area contributed by atoms with Crippen LogP contribution < -0.4 is 10.6 Å². The average Bonchev–Trinajstić information content (AvgIpc) is 2.70. The number of amides is 2. The predicted molar refractivity (Wildman–Crippen MR) is 74.3 cm³/mol. The standard InChI is InChI=1S/C12H16N2O5S/c1-3-19-11(17)8-6-7(2)20-10(8)14-12(18)13-5-4-9(15)16/h6H,3-5H2,1-2H3,(H,15,16)(H2,13,14,18). The van der Waals surface area contributed by atoms with Gasteiger partial charge in [-0.1, -0.05) is 0 Å². The zero-order valence-electron chi connectivity index (χ0n) is 11.2. The van der Waals surface area contributed by atoms with Gasteiger partial charge in [0, 0.05) is 11.4 Å². The third-order valence-corrected chi connectivity index (χ3v) is 3.17. The molecule has 2 amide bonds. The Morgan fingerprint density at radius 2 is 2.10 bits per heavy atom. The quantitative estimate of drug-likeness (QED) is 0.695. The molecule has 20 heavy (non-hydrogen) atoms. The summed E-state index contributed by atoms with van der Waals surface area (Å²) in [6.45, 7) is 3.77. The number of urea groups is 1. The number of hydrogen-bond acceptors (Lipinski definition) is 5. The molecule has 0 aliphatic carbocycles. The number of thiophene rings is 1. The Labute approximate surface area is 119 Å². The van der Waals surface area contributed by atoms with Gasteiger partial charge < -0.3 is 15.2 Å². The lowest BCUT2D eigenvalue weighted by Crippen LogP contribution is -2.30. The second-order valence-corrected chi connectivity index (χ2v) is 5.10. The topological polar surface area (TPSA) is 105 Å². The molecular weight excluding hydrogens is 284 g/mol. The van der Waals surface area contributed by atoms with E-state index in [-0.39, 0.29) is 19.6 Å². The number of nitrogens with one attached hydrogen (secondary N) is 2. The third kappa shape index (κ3) is 4.88. The van der Waals surface area contributed by atoms with Crippen molar-refractivity contribution in [3.05, 3.63) is 16.5 Å². The monoisotopic (exact) mass is 300 g/mol. The lowest BCUT2D eigenvalue weighted by molar-refractivity contribution is -0.136. The van der Waals surface area contributed by atoms with E-state index in [0.717, 1.165) is 4.88 Å². The number of carbonyl (C=O) groups is 3. The molecule has 0 atom stereocenters. The highest BCUT2D eigenvalue weighted by Crippen LogP contribution is 2.28. The maximum absolute atomic E-state index is 11.7. The summed E-state index contributed by atoms with van der Waals surface area (Å²) < 4.78 is 4.89. The van der Waals surface area contributed by atoms with E-state index >= 15 is 0 Å². The summed E-state index contributed by atoms with van der Waals surface area (Å²) in [7, 11) is 0. The minimum absolute atomic E-state index is 0.0142. The zero-order chi connectivity index (χ0) is 15.1. The second kappa shape index (κ2) is 7.49. The molecule has 0 saturated heterocycles. The Morgan fingerprint density at radius 1 is 1.40 bits per heavy atom. The van der Waals surface area contributed by atoms with Crippen molar-refractivity contribution in [2.75, 3.05) is 18.5 Å². The van der Waals surface area contributed by atoms with Gasteiger partial charge in [0.1, 0.15) is 5.00 Å². The van der Waals surface area contributed by atoms with Gasteiger partial charge in [-0.3, -0.25) is 10.1 Å². The Balaban J connectivity index is 2.65. The number of carbonyl (C=O) groups excluding carboxylic acids is 2. The zero-order valence-corrected chi connectivity index (χ0v) is 12.0. The van der Waals surface area contributed by atoms with Crippen LogP contribution in [0.15, 0.2) is 6.07 Å². The van der Waals surface area contributed by atoms with Gasteiger partial charge in [0.05, 0.1) is 18.6 Å². The van der Waals surface area contributed by atoms with Crippen molar-refractivity contribution in [3.63, 3.8) is 0 Å². The van der Waals surface area contributed by atoms with Crippen LogP contribution in [-0.2, 0) is 9.53 Å². The van der Waals surface area contributed by atoms with Crippen LogP contribution in [0.3, 0.4) is 0 Å². The first-order valence-corrected chi connectivity index (χ1v) is 6.80. The smallest absolute Gasteiger partial charge is 0.341 e. The van der Waals surface area contributed by atoms with E-state index in [1.54, 1.807) is 19.9 Å². The van der Waals surface area contributed by atoms with Crippen molar-refractivity contribution >= 4 is 34.3 Å². The molecule has 110 valence electrons. The summed E-state index contributed by atoms with van der Waals surface area (Å²) in [5.41, 5.74) is 0.294. The molecule has 0 aliphatic heterocycles. The molecule has 0 aliphatic rings. The molecule has 8 heteroatoms. The van der Waals surface area contributed by atoms with Crippen LogP contribution >= 0.6 is 11.3 Å². The molecule has 0 bridgehead atoms. The molecule has 1 rings (SSSR count). The fraction of sp³-hybridized carbons (Fsp3) is 0.417. The van der Waals surface area contributed by atoms with Crippen molar-refractivity contribution in [1.82, 2.24) is 5.32 Å². The van der Waals surface area contributed by atoms with Gasteiger partial charge in [0.25, 0.3) is 0 Å². The average molecular weight is 300 g/mol. The van der Waals surface area contributed by atoms with Gasteiger partial charge in [-0.05, 0) is 19.9 Å². The number of carboxylic acid groups (broad SMARTS) is 1. The number of carboxylic acids is 1. The molecule has 1 aromatic rings. The molecule has 0 radical (unpaired) electrons. The number of anilines is 1. The van der Waals surface area contributed by atoms with Gasteiger partial charge in [-0.2, -0.15) is 0 Å². The van der Waals surface area contributed by atoms with Crippen LogP contribution in [0.1, 0.15) is 28.6 Å². The van der Waals surface area contributed by atoms with E-state index in [4.69, 9.17) is 9.84 Å². The highest BCUT2D eigenvalue weighted by atomic mass is 32.1. The van der Waals surface area contributed by atoms with E-state index in [1.807, 2.05) is 0 Å². The number of aryl methyl sites for hydroxylation is 1. The molecule has 0 fully saturated rings. The van der Waals surface area contributed by atoms with E-state index < -0.39 is 18.0 Å². The SMILES string of the molecule is CCOC(=O)c1cc(C)sc1NC(=O)NCCC(=O)O. The van der Waals surface area contributed by atoms with Crippen molar-refractivity contribution < 1.29 is 24.2 Å². The van der Waals surface area contributed by atoms with Crippen molar-refractivity contribution in [3.8, 4) is 0 Å². The van der Waals surface area contributed by atoms with Crippen LogP contribution in [-0.4, -0.2) is 36.2 Å². The molecule has 0 saturated carbocycles. The number of aliphatic carboxylic acids is 1. The molecule has 3 N–H and O–H groups in total. The van der Waals surface area contributed by atoms with Crippen LogP contribution in [0.5, 0.6) is 0 Å². The highest BCUT2D eigenvalue weighted by molar-refractivity contribution is 7.16. The number of rotatable bonds is 6. The summed E-state index contributed by atoms with van der Waals surface area (Å²) in [4.78, 5) is 34.5. The Bertz CT molecular complexity index is 512. The lowest BCUT2D eigenvalue weighted by Gasteiger charge is -2.07. The van der Waals surface area contributed by atoms with E-state index in [9.17, 15) is 14.4 Å². The molecular formula is C12H16N2O5S. The molecule has 1 aromatic heterocycles. The van der Waals surface area contributed by atoms with Gasteiger partial charge >= 0.3 is 18.0 Å². The number of hydrogen-bond donors (Lipinski definition) is 3. The first-order valence-electron chi connectivity index (χ1n) is 5.98. The fourth-order valence-electron chi connectivity index (χ4n) is 1.40. The molecule has 0 spiro atoms. The van der Waals surface area contributed by atoms with E-state index in [0.29, 0.717) is 10.6 Å². The predicted octanol–water partition coefficient (Wildman–Crippen LogP) is 1.83. The third-order valence-electron chi connectivity index (χ3n) is 2.20. The Hall–Kier alpha value is -2.09. The second-order valence-electron chi connectivity index (χ2n) is 3.84. The number of ether oxygens (including phenoxy) is 1. The van der Waals surface area contributed by atoms with E-state index in [2.05, 4.69) is 10.6 Å². The van der Waals surface area contributed by atoms with Gasteiger partial charge in [0.2, 0.25) is 0 Å². The summed E-state index contributed by atoms with van der Waals surface area (Å²) >= 11 is 1.25. The Morgan fingerprint density at radius 3 is 2.70 bits per heavy atom. The Kier molecular flexibility index (Phi) is 5.98. The summed E-state index contributed by atoms with van der Waals surface area (Å²) in [6, 6.07) is 1.08. The lowest BCUT2D eigenvalue weighted by atomic mass is 10.3. The molecule has 0 unspecified atom stereocenters. The van der Waals surface area contributed by atoms with Crippen molar-refractivity contribution in [2.24, 2.45) is 0 Å². The fourth-order valence-corrected chi connectivity index (χ4v) is 2.29. The normalized spacial score (nSPS) is 9.90. The highest BCUT2D eigenvalue weighted by Gasteiger charge is 2.17. The maximum atomic E-state index is 11.7. The first-order chi connectivity index (χ1) is 9.43. The first kappa shape index (κ1) is 16.0. The van der Waals surface area contributed by atoms with E-state index in [1.165, 1.54) is 11.3 Å². The van der Waals surface area contributed by atoms with Crippen LogP contribution in [0.4, 0.5) is 9.80 Å². The van der Waals surface area contributed by atoms with Gasteiger partial charge in [-0.15, -0.1) is 11.3 Å². The number of esters is 1. The largest absolute Gasteiger partial charge is 0.481 e. The minimum atomic E-state index is -0.996. The molecule has 1 heterocycles. The summed E-state index contributed by atoms with van der Waals surface area (Å²) in [5, 5.41) is 13.8. The molecule has 0 aromatic carbocycles. The van der Waals surface area contributed by atoms with Gasteiger partial charge in [-0.25, -0.2) is 9.59 Å². The van der Waals surface area contributed by atoms with Crippen molar-refractivity contribution in [1.29, 1.82) is 0 Å². The van der Waals surface area contributed by atoms with Crippen LogP contribution in [0.2, 0.25) is 0 Å². The van der Waals surface area contributed by atoms with Crippen LogP contribution in [0.25, 0.3) is 0 Å². The minimum Gasteiger partial charge on any atom is -0.481 e. The van der Waals surface area contributed by atoms with Gasteiger partial charge in [0.15, 0.2) is 0 Å².